The first-order valence-electron chi connectivity index (χ1n) is 14.7. The maximum atomic E-state index is 13.3. The van der Waals surface area contributed by atoms with Gasteiger partial charge in [-0.3, -0.25) is 4.79 Å². The van der Waals surface area contributed by atoms with Crippen molar-refractivity contribution in [3.8, 4) is 0 Å². The average Bonchev–Trinajstić information content (AvgIpc) is 3.34. The Morgan fingerprint density at radius 2 is 1.51 bits per heavy atom. The molecule has 3 unspecified atom stereocenters. The van der Waals surface area contributed by atoms with Crippen molar-refractivity contribution in [1.29, 1.82) is 0 Å². The normalized spacial score (nSPS) is 25.2. The zero-order chi connectivity index (χ0) is 28.5. The van der Waals surface area contributed by atoms with Gasteiger partial charge in [0.05, 0.1) is 6.04 Å². The molecular weight excluding hydrogens is 516 g/mol. The number of carbonyl (C=O) groups is 2. The van der Waals surface area contributed by atoms with E-state index in [1.165, 1.54) is 0 Å². The Balaban J connectivity index is 1.15. The first kappa shape index (κ1) is 27.5. The monoisotopic (exact) mass is 554 g/mol. The number of rotatable bonds is 6. The Morgan fingerprint density at radius 3 is 2.10 bits per heavy atom. The number of amides is 2. The summed E-state index contributed by atoms with van der Waals surface area (Å²) in [6, 6.07) is 29.0. The van der Waals surface area contributed by atoms with Crippen LogP contribution in [0.2, 0.25) is 0 Å². The maximum absolute atomic E-state index is 13.3. The van der Waals surface area contributed by atoms with Crippen LogP contribution in [0.5, 0.6) is 0 Å². The quantitative estimate of drug-likeness (QED) is 0.427. The molecule has 41 heavy (non-hydrogen) atoms. The molecule has 7 nitrogen and oxygen atoms in total. The predicted octanol–water partition coefficient (Wildman–Crippen LogP) is 5.64. The molecule has 0 bridgehead atoms. The van der Waals surface area contributed by atoms with Crippen LogP contribution < -0.4 is 0 Å². The van der Waals surface area contributed by atoms with E-state index < -0.39 is 23.5 Å². The molecule has 0 aliphatic carbocycles. The first-order chi connectivity index (χ1) is 19.9. The Morgan fingerprint density at radius 1 is 0.951 bits per heavy atom. The maximum Gasteiger partial charge on any atom is 0.409 e. The van der Waals surface area contributed by atoms with Crippen LogP contribution in [0.25, 0.3) is 0 Å². The Kier molecular flexibility index (Phi) is 7.58. The van der Waals surface area contributed by atoms with Gasteiger partial charge in [-0.2, -0.15) is 0 Å². The highest BCUT2D eigenvalue weighted by Gasteiger charge is 2.54. The third kappa shape index (κ3) is 5.13. The van der Waals surface area contributed by atoms with Gasteiger partial charge in [0.25, 0.3) is 0 Å². The fourth-order valence-electron chi connectivity index (χ4n) is 7.06. The SMILES string of the molecule is CC12CCCC(=O)N1C(COC(=O)N1CCC(C(O)(c3ccccc3)c3ccccc3)CC1)C(c1ccccc1)O2. The summed E-state index contributed by atoms with van der Waals surface area (Å²) in [5.41, 5.74) is 0.829. The molecule has 3 aliphatic heterocycles. The van der Waals surface area contributed by atoms with E-state index in [1.54, 1.807) is 4.90 Å². The molecule has 0 radical (unpaired) electrons. The summed E-state index contributed by atoms with van der Waals surface area (Å²) in [6.07, 6.45) is 2.53. The number of nitrogens with zero attached hydrogens (tertiary/aromatic N) is 2. The van der Waals surface area contributed by atoms with E-state index in [2.05, 4.69) is 0 Å². The molecule has 214 valence electrons. The number of hydrogen-bond donors (Lipinski definition) is 1. The lowest BCUT2D eigenvalue weighted by molar-refractivity contribution is -0.159. The van der Waals surface area contributed by atoms with Crippen LogP contribution in [0.3, 0.4) is 0 Å². The molecule has 3 heterocycles. The number of aliphatic hydroxyl groups is 1. The van der Waals surface area contributed by atoms with Gasteiger partial charge in [-0.05, 0) is 55.2 Å². The zero-order valence-corrected chi connectivity index (χ0v) is 23.5. The van der Waals surface area contributed by atoms with E-state index in [9.17, 15) is 14.7 Å². The summed E-state index contributed by atoms with van der Waals surface area (Å²) in [5.74, 6) is -0.0196. The lowest BCUT2D eigenvalue weighted by Crippen LogP contribution is -2.54. The third-order valence-electron chi connectivity index (χ3n) is 9.15. The van der Waals surface area contributed by atoms with Gasteiger partial charge in [-0.1, -0.05) is 91.0 Å². The molecule has 1 N–H and O–H groups in total. The number of fused-ring (bicyclic) bond motifs is 1. The standard InChI is InChI=1S/C34H38N2O5/c1-33-21-11-18-30(37)36(33)29(31(41-33)25-12-5-2-6-13-25)24-40-32(38)35-22-19-28(20-23-35)34(39,26-14-7-3-8-15-26)27-16-9-4-10-17-27/h2-10,12-17,28-29,31,39H,11,18-24H2,1H3. The molecule has 7 heteroatoms. The van der Waals surface area contributed by atoms with Crippen LogP contribution in [0.1, 0.15) is 61.8 Å². The molecule has 2 amide bonds. The van der Waals surface area contributed by atoms with E-state index in [0.717, 1.165) is 29.5 Å². The lowest BCUT2D eigenvalue weighted by atomic mass is 9.72. The summed E-state index contributed by atoms with van der Waals surface area (Å²) in [6.45, 7) is 3.00. The number of piperidine rings is 2. The van der Waals surface area contributed by atoms with E-state index in [-0.39, 0.29) is 24.5 Å². The largest absolute Gasteiger partial charge is 0.447 e. The van der Waals surface area contributed by atoms with Crippen molar-refractivity contribution in [2.45, 2.75) is 62.5 Å². The van der Waals surface area contributed by atoms with Gasteiger partial charge >= 0.3 is 6.09 Å². The summed E-state index contributed by atoms with van der Waals surface area (Å²) in [7, 11) is 0. The number of carbonyl (C=O) groups excluding carboxylic acids is 2. The molecule has 0 spiro atoms. The Hall–Kier alpha value is -3.68. The number of likely N-dealkylation sites (tertiary alicyclic amines) is 1. The number of ether oxygens (including phenoxy) is 2. The highest BCUT2D eigenvalue weighted by molar-refractivity contribution is 5.78. The van der Waals surface area contributed by atoms with Crippen LogP contribution in [0.15, 0.2) is 91.0 Å². The van der Waals surface area contributed by atoms with E-state index in [4.69, 9.17) is 9.47 Å². The molecule has 0 aromatic heterocycles. The van der Waals surface area contributed by atoms with Crippen LogP contribution in [-0.4, -0.2) is 58.4 Å². The predicted molar refractivity (Wildman–Crippen MR) is 155 cm³/mol. The minimum absolute atomic E-state index is 0.0418. The average molecular weight is 555 g/mol. The van der Waals surface area contributed by atoms with Crippen molar-refractivity contribution in [2.75, 3.05) is 19.7 Å². The van der Waals surface area contributed by atoms with Gasteiger partial charge in [0.15, 0.2) is 0 Å². The van der Waals surface area contributed by atoms with Crippen molar-refractivity contribution in [1.82, 2.24) is 9.80 Å². The van der Waals surface area contributed by atoms with Crippen LogP contribution in [-0.2, 0) is 19.9 Å². The highest BCUT2D eigenvalue weighted by Crippen LogP contribution is 2.46. The summed E-state index contributed by atoms with van der Waals surface area (Å²) in [4.78, 5) is 29.9. The molecule has 3 atom stereocenters. The number of hydrogen-bond acceptors (Lipinski definition) is 5. The highest BCUT2D eigenvalue weighted by atomic mass is 16.6. The van der Waals surface area contributed by atoms with Crippen molar-refractivity contribution in [3.63, 3.8) is 0 Å². The minimum Gasteiger partial charge on any atom is -0.447 e. The van der Waals surface area contributed by atoms with Crippen molar-refractivity contribution in [2.24, 2.45) is 5.92 Å². The van der Waals surface area contributed by atoms with Crippen LogP contribution >= 0.6 is 0 Å². The molecule has 0 saturated carbocycles. The van der Waals surface area contributed by atoms with Crippen LogP contribution in [0.4, 0.5) is 4.79 Å². The van der Waals surface area contributed by atoms with Gasteiger partial charge in [0.2, 0.25) is 5.91 Å². The van der Waals surface area contributed by atoms with Gasteiger partial charge in [-0.25, -0.2) is 4.79 Å². The minimum atomic E-state index is -1.15. The van der Waals surface area contributed by atoms with Crippen molar-refractivity contribution in [3.05, 3.63) is 108 Å². The summed E-state index contributed by atoms with van der Waals surface area (Å²) < 4.78 is 12.4. The molecule has 3 aromatic carbocycles. The van der Waals surface area contributed by atoms with Gasteiger partial charge < -0.3 is 24.4 Å². The van der Waals surface area contributed by atoms with Gasteiger partial charge in [-0.15, -0.1) is 0 Å². The fraction of sp³-hybridized carbons (Fsp3) is 0.412. The smallest absolute Gasteiger partial charge is 0.409 e. The van der Waals surface area contributed by atoms with Crippen LogP contribution in [0, 0.1) is 5.92 Å². The van der Waals surface area contributed by atoms with Crippen molar-refractivity contribution < 1.29 is 24.2 Å². The topological polar surface area (TPSA) is 79.3 Å². The molecule has 3 aromatic rings. The Labute approximate surface area is 241 Å². The second-order valence-corrected chi connectivity index (χ2v) is 11.6. The molecular formula is C34H38N2O5. The second-order valence-electron chi connectivity index (χ2n) is 11.6. The van der Waals surface area contributed by atoms with E-state index in [0.29, 0.717) is 32.4 Å². The van der Waals surface area contributed by atoms with E-state index in [1.807, 2.05) is 103 Å². The van der Waals surface area contributed by atoms with Gasteiger partial charge in [0.1, 0.15) is 24.0 Å². The molecule has 3 fully saturated rings. The number of benzene rings is 3. The summed E-state index contributed by atoms with van der Waals surface area (Å²) >= 11 is 0. The second kappa shape index (κ2) is 11.3. The molecule has 6 rings (SSSR count). The fourth-order valence-corrected chi connectivity index (χ4v) is 7.06. The zero-order valence-electron chi connectivity index (χ0n) is 23.5. The van der Waals surface area contributed by atoms with Crippen molar-refractivity contribution >= 4 is 12.0 Å². The lowest BCUT2D eigenvalue weighted by Gasteiger charge is -2.42. The van der Waals surface area contributed by atoms with Gasteiger partial charge in [0, 0.05) is 19.5 Å². The molecule has 3 saturated heterocycles. The first-order valence-corrected chi connectivity index (χ1v) is 14.7. The van der Waals surface area contributed by atoms with E-state index >= 15 is 0 Å². The Bertz CT molecular complexity index is 1300. The molecule has 3 aliphatic rings. The third-order valence-corrected chi connectivity index (χ3v) is 9.15. The summed E-state index contributed by atoms with van der Waals surface area (Å²) in [5, 5.41) is 12.2.